The molecule has 25 heavy (non-hydrogen) atoms. The average molecular weight is 342 g/mol. The molecule has 0 aliphatic carbocycles. The Kier molecular flexibility index (Phi) is 6.69. The van der Waals surface area contributed by atoms with Crippen molar-refractivity contribution in [2.45, 2.75) is 26.3 Å². The van der Waals surface area contributed by atoms with Crippen LogP contribution in [0.3, 0.4) is 0 Å². The molecule has 0 spiro atoms. The van der Waals surface area contributed by atoms with E-state index in [0.717, 1.165) is 34.6 Å². The topological polar surface area (TPSA) is 59.6 Å². The Morgan fingerprint density at radius 2 is 1.80 bits per heavy atom. The van der Waals surface area contributed by atoms with Crippen LogP contribution in [0.25, 0.3) is 0 Å². The minimum absolute atomic E-state index is 0.143. The van der Waals surface area contributed by atoms with Gasteiger partial charge in [-0.2, -0.15) is 0 Å². The fraction of sp³-hybridized carbons (Fsp3) is 0.350. The van der Waals surface area contributed by atoms with Gasteiger partial charge in [0, 0.05) is 12.1 Å². The van der Waals surface area contributed by atoms with E-state index in [4.69, 9.17) is 9.47 Å². The van der Waals surface area contributed by atoms with Crippen LogP contribution < -0.4 is 20.1 Å². The second kappa shape index (κ2) is 8.97. The molecule has 0 aliphatic rings. The Bertz CT molecular complexity index is 699. The van der Waals surface area contributed by atoms with E-state index >= 15 is 0 Å². The number of carbonyl (C=O) groups is 1. The number of hydrogen-bond donors (Lipinski definition) is 2. The van der Waals surface area contributed by atoms with Crippen molar-refractivity contribution in [2.75, 3.05) is 20.8 Å². The molecular formula is C20H26N2O3. The Morgan fingerprint density at radius 1 is 1.08 bits per heavy atom. The summed E-state index contributed by atoms with van der Waals surface area (Å²) in [6.07, 6.45) is 0.763. The van der Waals surface area contributed by atoms with Gasteiger partial charge in [0.05, 0.1) is 20.3 Å². The van der Waals surface area contributed by atoms with Crippen LogP contribution in [0.4, 0.5) is 4.79 Å². The summed E-state index contributed by atoms with van der Waals surface area (Å²) in [6, 6.07) is 13.4. The van der Waals surface area contributed by atoms with Crippen molar-refractivity contribution >= 4 is 6.03 Å². The SMILES string of the molecule is COc1ccc(CCNC(=O)NC(C)c2cc(C)ccc2OC)cc1. The molecule has 2 aromatic rings. The average Bonchev–Trinajstić information content (AvgIpc) is 2.62. The lowest BCUT2D eigenvalue weighted by Crippen LogP contribution is -2.38. The van der Waals surface area contributed by atoms with E-state index in [1.807, 2.05) is 56.3 Å². The zero-order valence-corrected chi connectivity index (χ0v) is 15.3. The molecule has 2 amide bonds. The van der Waals surface area contributed by atoms with Crippen molar-refractivity contribution in [3.05, 3.63) is 59.2 Å². The van der Waals surface area contributed by atoms with Crippen molar-refractivity contribution in [2.24, 2.45) is 0 Å². The summed E-state index contributed by atoms with van der Waals surface area (Å²) >= 11 is 0. The number of rotatable bonds is 7. The number of aryl methyl sites for hydroxylation is 1. The van der Waals surface area contributed by atoms with Crippen molar-refractivity contribution in [1.29, 1.82) is 0 Å². The van der Waals surface area contributed by atoms with Crippen LogP contribution in [0.2, 0.25) is 0 Å². The molecule has 134 valence electrons. The number of benzene rings is 2. The lowest BCUT2D eigenvalue weighted by atomic mass is 10.0. The zero-order valence-electron chi connectivity index (χ0n) is 15.3. The number of nitrogens with one attached hydrogen (secondary N) is 2. The van der Waals surface area contributed by atoms with E-state index in [1.165, 1.54) is 0 Å². The Labute approximate surface area is 149 Å². The van der Waals surface area contributed by atoms with Gasteiger partial charge in [-0.1, -0.05) is 29.8 Å². The summed E-state index contributed by atoms with van der Waals surface area (Å²) in [5.74, 6) is 1.60. The zero-order chi connectivity index (χ0) is 18.2. The van der Waals surface area contributed by atoms with E-state index < -0.39 is 0 Å². The summed E-state index contributed by atoms with van der Waals surface area (Å²) in [7, 11) is 3.28. The van der Waals surface area contributed by atoms with E-state index in [2.05, 4.69) is 10.6 Å². The van der Waals surface area contributed by atoms with Gasteiger partial charge in [0.2, 0.25) is 0 Å². The third kappa shape index (κ3) is 5.41. The van der Waals surface area contributed by atoms with Crippen molar-refractivity contribution < 1.29 is 14.3 Å². The molecule has 0 aromatic heterocycles. The van der Waals surface area contributed by atoms with E-state index in [-0.39, 0.29) is 12.1 Å². The predicted molar refractivity (Wildman–Crippen MR) is 99.4 cm³/mol. The minimum atomic E-state index is -0.190. The first-order chi connectivity index (χ1) is 12.0. The van der Waals surface area contributed by atoms with Crippen LogP contribution >= 0.6 is 0 Å². The van der Waals surface area contributed by atoms with Crippen LogP contribution in [-0.2, 0) is 6.42 Å². The number of ether oxygens (including phenoxy) is 2. The molecule has 5 nitrogen and oxygen atoms in total. The number of methoxy groups -OCH3 is 2. The highest BCUT2D eigenvalue weighted by Crippen LogP contribution is 2.25. The highest BCUT2D eigenvalue weighted by molar-refractivity contribution is 5.74. The maximum atomic E-state index is 12.1. The lowest BCUT2D eigenvalue weighted by molar-refractivity contribution is 0.238. The number of amides is 2. The first kappa shape index (κ1) is 18.6. The molecule has 5 heteroatoms. The van der Waals surface area contributed by atoms with Crippen LogP contribution in [0, 0.1) is 6.92 Å². The molecule has 2 rings (SSSR count). The first-order valence-electron chi connectivity index (χ1n) is 8.35. The van der Waals surface area contributed by atoms with Gasteiger partial charge in [-0.3, -0.25) is 0 Å². The van der Waals surface area contributed by atoms with Crippen LogP contribution in [0.1, 0.15) is 29.7 Å². The largest absolute Gasteiger partial charge is 0.497 e. The molecule has 1 unspecified atom stereocenters. The third-order valence-electron chi connectivity index (χ3n) is 4.06. The summed E-state index contributed by atoms with van der Waals surface area (Å²) in [4.78, 5) is 12.1. The quantitative estimate of drug-likeness (QED) is 0.808. The summed E-state index contributed by atoms with van der Waals surface area (Å²) < 4.78 is 10.5. The maximum absolute atomic E-state index is 12.1. The van der Waals surface area contributed by atoms with Gasteiger partial charge in [-0.05, 0) is 44.0 Å². The number of carbonyl (C=O) groups excluding carboxylic acids is 1. The predicted octanol–water partition coefficient (Wildman–Crippen LogP) is 3.62. The highest BCUT2D eigenvalue weighted by atomic mass is 16.5. The first-order valence-corrected chi connectivity index (χ1v) is 8.35. The molecule has 1 atom stereocenters. The van der Waals surface area contributed by atoms with Gasteiger partial charge in [0.15, 0.2) is 0 Å². The fourth-order valence-electron chi connectivity index (χ4n) is 2.63. The van der Waals surface area contributed by atoms with Gasteiger partial charge in [0.25, 0.3) is 0 Å². The van der Waals surface area contributed by atoms with Crippen LogP contribution in [0.15, 0.2) is 42.5 Å². The van der Waals surface area contributed by atoms with Crippen molar-refractivity contribution in [3.63, 3.8) is 0 Å². The molecule has 2 aromatic carbocycles. The van der Waals surface area contributed by atoms with Crippen LogP contribution in [-0.4, -0.2) is 26.8 Å². The Morgan fingerprint density at radius 3 is 2.44 bits per heavy atom. The molecule has 0 aliphatic heterocycles. The Balaban J connectivity index is 1.84. The molecule has 0 saturated carbocycles. The third-order valence-corrected chi connectivity index (χ3v) is 4.06. The molecule has 0 saturated heterocycles. The molecular weight excluding hydrogens is 316 g/mol. The van der Waals surface area contributed by atoms with Gasteiger partial charge in [-0.25, -0.2) is 4.79 Å². The highest BCUT2D eigenvalue weighted by Gasteiger charge is 2.14. The molecule has 0 fully saturated rings. The molecule has 2 N–H and O–H groups in total. The number of urea groups is 1. The minimum Gasteiger partial charge on any atom is -0.497 e. The summed E-state index contributed by atoms with van der Waals surface area (Å²) in [6.45, 7) is 4.53. The summed E-state index contributed by atoms with van der Waals surface area (Å²) in [5, 5.41) is 5.84. The van der Waals surface area contributed by atoms with Crippen LogP contribution in [0.5, 0.6) is 11.5 Å². The molecule has 0 bridgehead atoms. The van der Waals surface area contributed by atoms with E-state index in [9.17, 15) is 4.79 Å². The molecule has 0 heterocycles. The van der Waals surface area contributed by atoms with Gasteiger partial charge >= 0.3 is 6.03 Å². The normalized spacial score (nSPS) is 11.5. The smallest absolute Gasteiger partial charge is 0.315 e. The fourth-order valence-corrected chi connectivity index (χ4v) is 2.63. The number of hydrogen-bond acceptors (Lipinski definition) is 3. The van der Waals surface area contributed by atoms with Gasteiger partial charge < -0.3 is 20.1 Å². The van der Waals surface area contributed by atoms with E-state index in [1.54, 1.807) is 14.2 Å². The van der Waals surface area contributed by atoms with Gasteiger partial charge in [-0.15, -0.1) is 0 Å². The molecule has 0 radical (unpaired) electrons. The maximum Gasteiger partial charge on any atom is 0.315 e. The monoisotopic (exact) mass is 342 g/mol. The standard InChI is InChI=1S/C20H26N2O3/c1-14-5-10-19(25-4)18(13-14)15(2)22-20(23)21-12-11-16-6-8-17(24-3)9-7-16/h5-10,13,15H,11-12H2,1-4H3,(H2,21,22,23). The second-order valence-electron chi connectivity index (χ2n) is 5.97. The van der Waals surface area contributed by atoms with Crippen molar-refractivity contribution in [3.8, 4) is 11.5 Å². The van der Waals surface area contributed by atoms with Crippen molar-refractivity contribution in [1.82, 2.24) is 10.6 Å². The second-order valence-corrected chi connectivity index (χ2v) is 5.97. The summed E-state index contributed by atoms with van der Waals surface area (Å²) in [5.41, 5.74) is 3.24. The lowest BCUT2D eigenvalue weighted by Gasteiger charge is -2.18. The Hall–Kier alpha value is -2.69. The van der Waals surface area contributed by atoms with Gasteiger partial charge in [0.1, 0.15) is 11.5 Å². The van der Waals surface area contributed by atoms with E-state index in [0.29, 0.717) is 6.54 Å².